The van der Waals surface area contributed by atoms with Crippen LogP contribution >= 0.6 is 0 Å². The van der Waals surface area contributed by atoms with Crippen molar-refractivity contribution in [3.8, 4) is 0 Å². The van der Waals surface area contributed by atoms with Crippen LogP contribution in [0.25, 0.3) is 0 Å². The van der Waals surface area contributed by atoms with Gasteiger partial charge in [-0.2, -0.15) is 0 Å². The van der Waals surface area contributed by atoms with Crippen LogP contribution in [0.2, 0.25) is 0 Å². The smallest absolute Gasteiger partial charge is 0.407 e. The van der Waals surface area contributed by atoms with Crippen LogP contribution in [-0.2, 0) is 14.3 Å². The Morgan fingerprint density at radius 2 is 1.88 bits per heavy atom. The predicted octanol–water partition coefficient (Wildman–Crippen LogP) is 0.110. The van der Waals surface area contributed by atoms with Crippen molar-refractivity contribution < 1.29 is 19.1 Å². The van der Waals surface area contributed by atoms with E-state index in [0.717, 1.165) is 5.57 Å². The Morgan fingerprint density at radius 3 is 2.46 bits per heavy atom. The van der Waals surface area contributed by atoms with E-state index in [-0.39, 0.29) is 13.2 Å². The molecule has 0 aromatic carbocycles. The summed E-state index contributed by atoms with van der Waals surface area (Å²) >= 11 is 0. The molecule has 8 heteroatoms. The van der Waals surface area contributed by atoms with E-state index < -0.39 is 23.9 Å². The quantitative estimate of drug-likeness (QED) is 0.296. The van der Waals surface area contributed by atoms with Gasteiger partial charge in [0.25, 0.3) is 0 Å². The van der Waals surface area contributed by atoms with E-state index in [2.05, 4.69) is 23.8 Å². The first-order valence-corrected chi connectivity index (χ1v) is 7.57. The van der Waals surface area contributed by atoms with E-state index in [1.54, 1.807) is 18.2 Å². The first-order valence-electron chi connectivity index (χ1n) is 7.57. The lowest BCUT2D eigenvalue weighted by molar-refractivity contribution is -0.125. The van der Waals surface area contributed by atoms with Crippen LogP contribution in [0.4, 0.5) is 4.79 Å². The molecule has 0 spiro atoms. The zero-order valence-corrected chi connectivity index (χ0v) is 13.8. The van der Waals surface area contributed by atoms with E-state index in [0.29, 0.717) is 25.8 Å². The molecule has 0 rings (SSSR count). The molecular weight excluding hydrogens is 312 g/mol. The second kappa shape index (κ2) is 12.9. The number of ether oxygens (including phenoxy) is 1. The summed E-state index contributed by atoms with van der Waals surface area (Å²) in [5, 5.41) is 4.93. The summed E-state index contributed by atoms with van der Waals surface area (Å²) in [5.41, 5.74) is 11.3. The molecule has 3 amide bonds. The Morgan fingerprint density at radius 1 is 1.17 bits per heavy atom. The summed E-state index contributed by atoms with van der Waals surface area (Å²) in [6.45, 7) is 7.44. The number of hydrogen-bond acceptors (Lipinski definition) is 5. The third-order valence-electron chi connectivity index (χ3n) is 2.95. The zero-order valence-electron chi connectivity index (χ0n) is 13.8. The normalized spacial score (nSPS) is 12.0. The highest BCUT2D eigenvalue weighted by molar-refractivity contribution is 5.86. The van der Waals surface area contributed by atoms with Crippen LogP contribution < -0.4 is 22.1 Å². The van der Waals surface area contributed by atoms with Crippen molar-refractivity contribution in [1.29, 1.82) is 0 Å². The first kappa shape index (κ1) is 21.4. The largest absolute Gasteiger partial charge is 0.445 e. The molecule has 6 N–H and O–H groups in total. The number of primary amides is 1. The van der Waals surface area contributed by atoms with E-state index in [4.69, 9.17) is 16.2 Å². The number of allylic oxidation sites excluding steroid dienone is 2. The molecule has 0 bridgehead atoms. The SMILES string of the molecule is C=C/C=C(\C=C)COC(=O)NCCCCC(N)C(=O)NCC(N)=O. The molecular formula is C16H26N4O4. The standard InChI is InChI=1S/C16H26N4O4/c1-3-7-12(4-2)11-24-16(23)19-9-6-5-8-13(17)15(22)20-10-14(18)21/h3-4,7,13H,1-2,5-6,8-11,17H2,(H2,18,21)(H,19,23)(H,20,22)/b12-7+. The highest BCUT2D eigenvalue weighted by atomic mass is 16.5. The van der Waals surface area contributed by atoms with Crippen molar-refractivity contribution in [3.05, 3.63) is 37.0 Å². The number of carbonyl (C=O) groups excluding carboxylic acids is 3. The lowest BCUT2D eigenvalue weighted by Gasteiger charge is -2.11. The number of carbonyl (C=O) groups is 3. The topological polar surface area (TPSA) is 137 Å². The van der Waals surface area contributed by atoms with Crippen LogP contribution in [0.5, 0.6) is 0 Å². The van der Waals surface area contributed by atoms with Crippen molar-refractivity contribution in [2.24, 2.45) is 11.5 Å². The van der Waals surface area contributed by atoms with Gasteiger partial charge in [0, 0.05) is 6.54 Å². The Balaban J connectivity index is 3.78. The summed E-state index contributed by atoms with van der Waals surface area (Å²) in [4.78, 5) is 33.5. The summed E-state index contributed by atoms with van der Waals surface area (Å²) in [5.74, 6) is -1.05. The predicted molar refractivity (Wildman–Crippen MR) is 91.9 cm³/mol. The van der Waals surface area contributed by atoms with Gasteiger partial charge in [-0.15, -0.1) is 0 Å². The van der Waals surface area contributed by atoms with Gasteiger partial charge in [-0.1, -0.05) is 31.4 Å². The average molecular weight is 338 g/mol. The Labute approximate surface area is 142 Å². The average Bonchev–Trinajstić information content (AvgIpc) is 2.55. The van der Waals surface area contributed by atoms with E-state index >= 15 is 0 Å². The molecule has 1 atom stereocenters. The third kappa shape index (κ3) is 11.0. The number of alkyl carbamates (subject to hydrolysis) is 1. The maximum Gasteiger partial charge on any atom is 0.407 e. The van der Waals surface area contributed by atoms with Gasteiger partial charge in [-0.05, 0) is 24.8 Å². The minimum absolute atomic E-state index is 0.117. The van der Waals surface area contributed by atoms with Gasteiger partial charge in [-0.3, -0.25) is 9.59 Å². The van der Waals surface area contributed by atoms with Gasteiger partial charge in [0.1, 0.15) is 6.61 Å². The second-order valence-electron chi connectivity index (χ2n) is 4.97. The lowest BCUT2D eigenvalue weighted by atomic mass is 10.1. The molecule has 1 unspecified atom stereocenters. The number of amides is 3. The van der Waals surface area contributed by atoms with Crippen molar-refractivity contribution in [2.75, 3.05) is 19.7 Å². The Hall–Kier alpha value is -2.61. The molecule has 0 saturated carbocycles. The van der Waals surface area contributed by atoms with Gasteiger partial charge in [0.05, 0.1) is 12.6 Å². The summed E-state index contributed by atoms with van der Waals surface area (Å²) in [6.07, 6.45) is 6.05. The zero-order chi connectivity index (χ0) is 18.4. The van der Waals surface area contributed by atoms with Gasteiger partial charge < -0.3 is 26.8 Å². The number of rotatable bonds is 12. The monoisotopic (exact) mass is 338 g/mol. The van der Waals surface area contributed by atoms with E-state index in [1.807, 2.05) is 0 Å². The van der Waals surface area contributed by atoms with Crippen molar-refractivity contribution >= 4 is 17.9 Å². The number of nitrogens with one attached hydrogen (secondary N) is 2. The number of hydrogen-bond donors (Lipinski definition) is 4. The molecule has 0 heterocycles. The van der Waals surface area contributed by atoms with Gasteiger partial charge in [-0.25, -0.2) is 4.79 Å². The van der Waals surface area contributed by atoms with E-state index in [1.165, 1.54) is 0 Å². The molecule has 0 fully saturated rings. The molecule has 8 nitrogen and oxygen atoms in total. The van der Waals surface area contributed by atoms with Crippen LogP contribution in [0.15, 0.2) is 37.0 Å². The molecule has 0 aromatic rings. The number of unbranched alkanes of at least 4 members (excludes halogenated alkanes) is 1. The lowest BCUT2D eigenvalue weighted by Crippen LogP contribution is -2.43. The van der Waals surface area contributed by atoms with E-state index in [9.17, 15) is 14.4 Å². The molecule has 0 saturated heterocycles. The summed E-state index contributed by atoms with van der Waals surface area (Å²) in [6, 6.07) is -0.713. The van der Waals surface area contributed by atoms with Crippen molar-refractivity contribution in [1.82, 2.24) is 10.6 Å². The molecule has 0 aliphatic heterocycles. The van der Waals surface area contributed by atoms with Crippen molar-refractivity contribution in [2.45, 2.75) is 25.3 Å². The fourth-order valence-electron chi connectivity index (χ4n) is 1.64. The molecule has 0 radical (unpaired) electrons. The minimum atomic E-state index is -0.713. The third-order valence-corrected chi connectivity index (χ3v) is 2.95. The first-order chi connectivity index (χ1) is 11.4. The number of nitrogens with two attached hydrogens (primary N) is 2. The fourth-order valence-corrected chi connectivity index (χ4v) is 1.64. The molecule has 0 aliphatic rings. The molecule has 0 aromatic heterocycles. The highest BCUT2D eigenvalue weighted by Crippen LogP contribution is 2.00. The molecule has 24 heavy (non-hydrogen) atoms. The van der Waals surface area contributed by atoms with Crippen LogP contribution in [-0.4, -0.2) is 43.6 Å². The molecule has 0 aliphatic carbocycles. The van der Waals surface area contributed by atoms with Gasteiger partial charge >= 0.3 is 6.09 Å². The van der Waals surface area contributed by atoms with Gasteiger partial charge in [0.2, 0.25) is 11.8 Å². The Kier molecular flexibility index (Phi) is 11.5. The summed E-state index contributed by atoms with van der Waals surface area (Å²) in [7, 11) is 0. The Bertz CT molecular complexity index is 488. The van der Waals surface area contributed by atoms with Crippen LogP contribution in [0, 0.1) is 0 Å². The maximum atomic E-state index is 11.5. The fraction of sp³-hybridized carbons (Fsp3) is 0.438. The second-order valence-corrected chi connectivity index (χ2v) is 4.97. The highest BCUT2D eigenvalue weighted by Gasteiger charge is 2.13. The van der Waals surface area contributed by atoms with Gasteiger partial charge in [0.15, 0.2) is 0 Å². The maximum absolute atomic E-state index is 11.5. The van der Waals surface area contributed by atoms with Crippen LogP contribution in [0.1, 0.15) is 19.3 Å². The minimum Gasteiger partial charge on any atom is -0.445 e. The summed E-state index contributed by atoms with van der Waals surface area (Å²) < 4.78 is 5.00. The van der Waals surface area contributed by atoms with Crippen molar-refractivity contribution in [3.63, 3.8) is 0 Å². The molecule has 134 valence electrons. The van der Waals surface area contributed by atoms with Crippen LogP contribution in [0.3, 0.4) is 0 Å².